The summed E-state index contributed by atoms with van der Waals surface area (Å²) < 4.78 is 1.99. The number of hydrogen-bond donors (Lipinski definition) is 3. The summed E-state index contributed by atoms with van der Waals surface area (Å²) in [6.07, 6.45) is 2.10. The molecule has 5 rings (SSSR count). The molecule has 1 fully saturated rings. The van der Waals surface area contributed by atoms with Crippen molar-refractivity contribution in [1.82, 2.24) is 30.6 Å². The minimum atomic E-state index is -0.961. The van der Waals surface area contributed by atoms with E-state index in [0.717, 1.165) is 35.8 Å². The van der Waals surface area contributed by atoms with Crippen LogP contribution in [-0.4, -0.2) is 50.9 Å². The van der Waals surface area contributed by atoms with Crippen LogP contribution in [0.15, 0.2) is 24.4 Å². The second kappa shape index (κ2) is 7.71. The smallest absolute Gasteiger partial charge is 0.262 e. The molecule has 4 amide bonds. The number of hydrogen-bond acceptors (Lipinski definition) is 7. The van der Waals surface area contributed by atoms with E-state index in [1.807, 2.05) is 10.9 Å². The Bertz CT molecular complexity index is 1110. The van der Waals surface area contributed by atoms with E-state index < -0.39 is 23.8 Å². The van der Waals surface area contributed by atoms with E-state index in [4.69, 9.17) is 0 Å². The quantitative estimate of drug-likeness (QED) is 0.564. The van der Waals surface area contributed by atoms with Crippen molar-refractivity contribution >= 4 is 23.6 Å². The number of carbonyl (C=O) groups excluding carboxylic acids is 4. The highest BCUT2D eigenvalue weighted by Gasteiger charge is 2.45. The zero-order valence-electron chi connectivity index (χ0n) is 16.8. The molecule has 3 aliphatic heterocycles. The van der Waals surface area contributed by atoms with Gasteiger partial charge < -0.3 is 10.6 Å². The van der Waals surface area contributed by atoms with Gasteiger partial charge in [-0.25, -0.2) is 0 Å². The van der Waals surface area contributed by atoms with Crippen molar-refractivity contribution in [2.24, 2.45) is 0 Å². The number of amides is 4. The van der Waals surface area contributed by atoms with Crippen LogP contribution in [0.1, 0.15) is 50.4 Å². The maximum Gasteiger partial charge on any atom is 0.262 e. The zero-order chi connectivity index (χ0) is 21.5. The van der Waals surface area contributed by atoms with Crippen molar-refractivity contribution < 1.29 is 19.2 Å². The van der Waals surface area contributed by atoms with Crippen LogP contribution in [0.4, 0.5) is 0 Å². The molecule has 2 aromatic rings. The molecule has 0 bridgehead atoms. The molecule has 0 spiro atoms. The molecule has 4 heterocycles. The van der Waals surface area contributed by atoms with Crippen LogP contribution in [0.5, 0.6) is 0 Å². The van der Waals surface area contributed by atoms with Gasteiger partial charge in [-0.2, -0.15) is 5.10 Å². The molecule has 31 heavy (non-hydrogen) atoms. The van der Waals surface area contributed by atoms with E-state index in [1.54, 1.807) is 18.2 Å². The fraction of sp³-hybridized carbons (Fsp3) is 0.381. The molecule has 1 aromatic carbocycles. The Morgan fingerprint density at radius 1 is 1.10 bits per heavy atom. The monoisotopic (exact) mass is 422 g/mol. The largest absolute Gasteiger partial charge is 0.309 e. The first-order chi connectivity index (χ1) is 15.0. The standard InChI is InChI=1S/C21H22N6O4/c28-17-5-4-15(19(29)25-17)27-20(30)14-3-1-2-12(18(14)21(27)31)8-23-9-13-10-24-26-7-6-22-11-16(13)26/h1-3,10,15,22-23H,4-9,11H2,(H,25,28,29). The third-order valence-electron chi connectivity index (χ3n) is 6.01. The normalized spacial score (nSPS) is 20.6. The van der Waals surface area contributed by atoms with Crippen LogP contribution in [0, 0.1) is 0 Å². The van der Waals surface area contributed by atoms with Crippen molar-refractivity contribution in [3.63, 3.8) is 0 Å². The van der Waals surface area contributed by atoms with E-state index in [9.17, 15) is 19.2 Å². The zero-order valence-corrected chi connectivity index (χ0v) is 16.8. The third-order valence-corrected chi connectivity index (χ3v) is 6.01. The van der Waals surface area contributed by atoms with E-state index in [2.05, 4.69) is 21.0 Å². The highest BCUT2D eigenvalue weighted by atomic mass is 16.2. The lowest BCUT2D eigenvalue weighted by Crippen LogP contribution is -2.54. The van der Waals surface area contributed by atoms with Crippen LogP contribution < -0.4 is 16.0 Å². The summed E-state index contributed by atoms with van der Waals surface area (Å²) in [6, 6.07) is 4.18. The van der Waals surface area contributed by atoms with Gasteiger partial charge >= 0.3 is 0 Å². The lowest BCUT2D eigenvalue weighted by atomic mass is 10.0. The minimum Gasteiger partial charge on any atom is -0.309 e. The lowest BCUT2D eigenvalue weighted by Gasteiger charge is -2.27. The maximum atomic E-state index is 13.1. The van der Waals surface area contributed by atoms with Crippen molar-refractivity contribution in [1.29, 1.82) is 0 Å². The molecule has 10 heteroatoms. The molecule has 160 valence electrons. The van der Waals surface area contributed by atoms with Gasteiger partial charge in [0.1, 0.15) is 6.04 Å². The van der Waals surface area contributed by atoms with Gasteiger partial charge in [-0.15, -0.1) is 0 Å². The first kappa shape index (κ1) is 19.6. The van der Waals surface area contributed by atoms with Crippen LogP contribution in [0.2, 0.25) is 0 Å². The Hall–Kier alpha value is -3.37. The summed E-state index contributed by atoms with van der Waals surface area (Å²) in [6.45, 7) is 3.49. The second-order valence-electron chi connectivity index (χ2n) is 7.91. The van der Waals surface area contributed by atoms with Gasteiger partial charge in [0.2, 0.25) is 11.8 Å². The van der Waals surface area contributed by atoms with Crippen molar-refractivity contribution in [2.45, 2.75) is 45.1 Å². The molecule has 3 N–H and O–H groups in total. The van der Waals surface area contributed by atoms with E-state index in [0.29, 0.717) is 29.8 Å². The molecule has 1 unspecified atom stereocenters. The Kier molecular flexibility index (Phi) is 4.87. The summed E-state index contributed by atoms with van der Waals surface area (Å²) >= 11 is 0. The fourth-order valence-corrected chi connectivity index (χ4v) is 4.45. The third kappa shape index (κ3) is 3.33. The van der Waals surface area contributed by atoms with Gasteiger partial charge in [0, 0.05) is 38.2 Å². The number of carbonyl (C=O) groups is 4. The number of rotatable bonds is 5. The average molecular weight is 422 g/mol. The number of nitrogens with zero attached hydrogens (tertiary/aromatic N) is 3. The van der Waals surface area contributed by atoms with Crippen LogP contribution >= 0.6 is 0 Å². The van der Waals surface area contributed by atoms with Crippen molar-refractivity contribution in [3.05, 3.63) is 52.3 Å². The number of aromatic nitrogens is 2. The summed E-state index contributed by atoms with van der Waals surface area (Å²) in [4.78, 5) is 50.7. The van der Waals surface area contributed by atoms with E-state index in [1.165, 1.54) is 0 Å². The number of nitrogens with one attached hydrogen (secondary N) is 3. The summed E-state index contributed by atoms with van der Waals surface area (Å²) in [7, 11) is 0. The Balaban J connectivity index is 1.33. The molecule has 1 atom stereocenters. The fourth-order valence-electron chi connectivity index (χ4n) is 4.45. The van der Waals surface area contributed by atoms with E-state index >= 15 is 0 Å². The molecule has 0 radical (unpaired) electrons. The highest BCUT2D eigenvalue weighted by Crippen LogP contribution is 2.30. The summed E-state index contributed by atoms with van der Waals surface area (Å²) in [5.74, 6) is -1.97. The van der Waals surface area contributed by atoms with Gasteiger partial charge in [-0.3, -0.25) is 34.1 Å². The molecule has 1 aromatic heterocycles. The van der Waals surface area contributed by atoms with E-state index in [-0.39, 0.29) is 18.7 Å². The average Bonchev–Trinajstić information content (AvgIpc) is 3.28. The maximum absolute atomic E-state index is 13.1. The summed E-state index contributed by atoms with van der Waals surface area (Å²) in [5, 5.41) is 13.3. The molecule has 0 aliphatic carbocycles. The first-order valence-electron chi connectivity index (χ1n) is 10.3. The molecule has 1 saturated heterocycles. The predicted octanol–water partition coefficient (Wildman–Crippen LogP) is -0.323. The van der Waals surface area contributed by atoms with Gasteiger partial charge in [0.05, 0.1) is 29.6 Å². The second-order valence-corrected chi connectivity index (χ2v) is 7.91. The Morgan fingerprint density at radius 2 is 1.94 bits per heavy atom. The lowest BCUT2D eigenvalue weighted by molar-refractivity contribution is -0.136. The minimum absolute atomic E-state index is 0.100. The summed E-state index contributed by atoms with van der Waals surface area (Å²) in [5.41, 5.74) is 3.55. The molecule has 0 saturated carbocycles. The SMILES string of the molecule is O=C1CCC(N2C(=O)c3cccc(CNCc4cnn5c4CNCC5)c3C2=O)C(=O)N1. The molecular formula is C21H22N6O4. The number of piperidine rings is 1. The topological polar surface area (TPSA) is 125 Å². The number of benzene rings is 1. The Morgan fingerprint density at radius 3 is 2.77 bits per heavy atom. The van der Waals surface area contributed by atoms with Crippen LogP contribution in [0.25, 0.3) is 0 Å². The van der Waals surface area contributed by atoms with Gasteiger partial charge in [0.25, 0.3) is 11.8 Å². The van der Waals surface area contributed by atoms with Crippen molar-refractivity contribution in [3.8, 4) is 0 Å². The molecular weight excluding hydrogens is 400 g/mol. The van der Waals surface area contributed by atoms with Gasteiger partial charge in [-0.1, -0.05) is 12.1 Å². The Labute approximate surface area is 178 Å². The van der Waals surface area contributed by atoms with Gasteiger partial charge in [-0.05, 0) is 18.1 Å². The number of imide groups is 2. The predicted molar refractivity (Wildman–Crippen MR) is 108 cm³/mol. The molecule has 3 aliphatic rings. The van der Waals surface area contributed by atoms with Crippen molar-refractivity contribution in [2.75, 3.05) is 6.54 Å². The molecule has 10 nitrogen and oxygen atoms in total. The number of fused-ring (bicyclic) bond motifs is 2. The van der Waals surface area contributed by atoms with Gasteiger partial charge in [0.15, 0.2) is 0 Å². The van der Waals surface area contributed by atoms with Crippen LogP contribution in [-0.2, 0) is 35.8 Å². The highest BCUT2D eigenvalue weighted by molar-refractivity contribution is 6.24. The van der Waals surface area contributed by atoms with Crippen LogP contribution in [0.3, 0.4) is 0 Å². The first-order valence-corrected chi connectivity index (χ1v) is 10.3.